The number of ether oxygens (including phenoxy) is 1. The molecule has 1 N–H and O–H groups in total. The smallest absolute Gasteiger partial charge is 0.416 e. The summed E-state index contributed by atoms with van der Waals surface area (Å²) in [5.74, 6) is -0.806. The summed E-state index contributed by atoms with van der Waals surface area (Å²) >= 11 is 0. The highest BCUT2D eigenvalue weighted by atomic mass is 32.2. The van der Waals surface area contributed by atoms with E-state index in [2.05, 4.69) is 5.32 Å². The van der Waals surface area contributed by atoms with E-state index in [0.717, 1.165) is 27.6 Å². The number of halogens is 3. The van der Waals surface area contributed by atoms with Crippen molar-refractivity contribution in [1.29, 1.82) is 0 Å². The van der Waals surface area contributed by atoms with Crippen LogP contribution >= 0.6 is 0 Å². The van der Waals surface area contributed by atoms with Gasteiger partial charge < -0.3 is 10.1 Å². The van der Waals surface area contributed by atoms with Crippen LogP contribution in [0.4, 0.5) is 18.9 Å². The van der Waals surface area contributed by atoms with Gasteiger partial charge in [0.05, 0.1) is 22.8 Å². The van der Waals surface area contributed by atoms with E-state index in [0.29, 0.717) is 35.4 Å². The molecule has 0 saturated carbocycles. The van der Waals surface area contributed by atoms with Crippen molar-refractivity contribution in [2.75, 3.05) is 10.9 Å². The summed E-state index contributed by atoms with van der Waals surface area (Å²) in [4.78, 5) is 25.4. The number of hydrogen-bond acceptors (Lipinski definition) is 5. The van der Waals surface area contributed by atoms with Crippen molar-refractivity contribution in [3.63, 3.8) is 0 Å². The topological polar surface area (TPSA) is 92.8 Å². The summed E-state index contributed by atoms with van der Waals surface area (Å²) in [6.07, 6.45) is -3.73. The SMILES string of the molecule is CCOC(=O)CCc1ccccc1CNC(=O)[C@@H]1Cc2ccccc2N1S(=O)(=O)c1ccc(-c2cccc(C(F)(F)F)c2)cc1. The van der Waals surface area contributed by atoms with Crippen LogP contribution in [0.3, 0.4) is 0 Å². The predicted molar refractivity (Wildman–Crippen MR) is 164 cm³/mol. The third kappa shape index (κ3) is 7.04. The van der Waals surface area contributed by atoms with Crippen molar-refractivity contribution in [2.45, 2.75) is 49.8 Å². The van der Waals surface area contributed by atoms with Gasteiger partial charge in [-0.25, -0.2) is 8.42 Å². The minimum Gasteiger partial charge on any atom is -0.466 e. The molecule has 234 valence electrons. The zero-order chi connectivity index (χ0) is 32.2. The Labute approximate surface area is 259 Å². The van der Waals surface area contributed by atoms with E-state index < -0.39 is 33.7 Å². The van der Waals surface area contributed by atoms with Crippen molar-refractivity contribution in [3.8, 4) is 11.1 Å². The molecule has 1 amide bonds. The van der Waals surface area contributed by atoms with Gasteiger partial charge in [-0.2, -0.15) is 13.2 Å². The summed E-state index contributed by atoms with van der Waals surface area (Å²) < 4.78 is 73.9. The molecule has 4 aromatic carbocycles. The van der Waals surface area contributed by atoms with Gasteiger partial charge in [0.25, 0.3) is 10.0 Å². The fraction of sp³-hybridized carbons (Fsp3) is 0.235. The number of carbonyl (C=O) groups is 2. The Bertz CT molecular complexity index is 1810. The first kappa shape index (κ1) is 31.8. The number of sulfonamides is 1. The van der Waals surface area contributed by atoms with E-state index in [4.69, 9.17) is 4.74 Å². The lowest BCUT2D eigenvalue weighted by atomic mass is 10.0. The van der Waals surface area contributed by atoms with Gasteiger partial charge in [-0.3, -0.25) is 13.9 Å². The zero-order valence-electron chi connectivity index (χ0n) is 24.4. The van der Waals surface area contributed by atoms with Crippen LogP contribution in [0.2, 0.25) is 0 Å². The number of rotatable bonds is 10. The largest absolute Gasteiger partial charge is 0.466 e. The molecule has 11 heteroatoms. The maximum Gasteiger partial charge on any atom is 0.416 e. The van der Waals surface area contributed by atoms with Crippen LogP contribution < -0.4 is 9.62 Å². The van der Waals surface area contributed by atoms with Crippen LogP contribution in [0.15, 0.2) is 102 Å². The quantitative estimate of drug-likeness (QED) is 0.206. The molecule has 1 atom stereocenters. The van der Waals surface area contributed by atoms with E-state index in [9.17, 15) is 31.2 Å². The zero-order valence-corrected chi connectivity index (χ0v) is 25.2. The van der Waals surface area contributed by atoms with Crippen molar-refractivity contribution < 1.29 is 35.9 Å². The molecule has 1 aliphatic rings. The number of esters is 1. The summed E-state index contributed by atoms with van der Waals surface area (Å²) in [7, 11) is -4.25. The predicted octanol–water partition coefficient (Wildman–Crippen LogP) is 6.30. The Hall–Kier alpha value is -4.64. The molecule has 0 spiro atoms. The number of alkyl halides is 3. The summed E-state index contributed by atoms with van der Waals surface area (Å²) in [5.41, 5.74) is 2.64. The number of para-hydroxylation sites is 1. The summed E-state index contributed by atoms with van der Waals surface area (Å²) in [6, 6.07) is 23.5. The van der Waals surface area contributed by atoms with Crippen LogP contribution in [0.5, 0.6) is 0 Å². The lowest BCUT2D eigenvalue weighted by Gasteiger charge is -2.26. The van der Waals surface area contributed by atoms with E-state index >= 15 is 0 Å². The Morgan fingerprint density at radius 1 is 0.889 bits per heavy atom. The second-order valence-electron chi connectivity index (χ2n) is 10.5. The van der Waals surface area contributed by atoms with Gasteiger partial charge in [0, 0.05) is 19.4 Å². The van der Waals surface area contributed by atoms with Gasteiger partial charge in [-0.1, -0.05) is 66.7 Å². The number of benzene rings is 4. The minimum atomic E-state index is -4.51. The third-order valence-corrected chi connectivity index (χ3v) is 9.47. The highest BCUT2D eigenvalue weighted by molar-refractivity contribution is 7.93. The molecule has 0 fully saturated rings. The third-order valence-electron chi connectivity index (χ3n) is 7.64. The number of carbonyl (C=O) groups excluding carboxylic acids is 2. The molecular weight excluding hydrogens is 605 g/mol. The number of fused-ring (bicyclic) bond motifs is 1. The fourth-order valence-electron chi connectivity index (χ4n) is 5.41. The standard InChI is InChI=1S/C34H31F3N2O5S/c1-2-44-32(40)19-16-23-8-3-4-10-27(23)22-38-33(41)31-21-26-9-5-6-13-30(26)39(31)45(42,43)29-17-14-24(15-18-29)25-11-7-12-28(20-25)34(35,36)37/h3-15,17-18,20,31H,2,16,19,21-22H2,1H3,(H,38,41)/t31-/m0/s1. The molecule has 0 bridgehead atoms. The molecule has 0 unspecified atom stereocenters. The van der Waals surface area contributed by atoms with Crippen molar-refractivity contribution in [3.05, 3.63) is 119 Å². The first-order valence-electron chi connectivity index (χ1n) is 14.4. The first-order chi connectivity index (χ1) is 21.5. The molecular formula is C34H31F3N2O5S. The number of nitrogens with zero attached hydrogens (tertiary/aromatic N) is 1. The summed E-state index contributed by atoms with van der Waals surface area (Å²) in [5, 5.41) is 2.88. The monoisotopic (exact) mass is 636 g/mol. The normalized spacial score (nSPS) is 14.6. The highest BCUT2D eigenvalue weighted by Gasteiger charge is 2.42. The molecule has 0 radical (unpaired) electrons. The van der Waals surface area contributed by atoms with E-state index in [1.165, 1.54) is 36.4 Å². The van der Waals surface area contributed by atoms with Gasteiger partial charge in [-0.15, -0.1) is 0 Å². The fourth-order valence-corrected chi connectivity index (χ4v) is 7.06. The Morgan fingerprint density at radius 2 is 1.58 bits per heavy atom. The van der Waals surface area contributed by atoms with Gasteiger partial charge in [0.1, 0.15) is 6.04 Å². The molecule has 4 aromatic rings. The Balaban J connectivity index is 1.37. The molecule has 0 saturated heterocycles. The lowest BCUT2D eigenvalue weighted by Crippen LogP contribution is -2.47. The highest BCUT2D eigenvalue weighted by Crippen LogP contribution is 2.38. The van der Waals surface area contributed by atoms with Gasteiger partial charge in [0.15, 0.2) is 0 Å². The Kier molecular flexibility index (Phi) is 9.29. The maximum absolute atomic E-state index is 14.0. The van der Waals surface area contributed by atoms with Crippen molar-refractivity contribution in [2.24, 2.45) is 0 Å². The summed E-state index contributed by atoms with van der Waals surface area (Å²) in [6.45, 7) is 2.16. The molecule has 1 heterocycles. The second-order valence-corrected chi connectivity index (χ2v) is 12.4. The van der Waals surface area contributed by atoms with E-state index in [1.54, 1.807) is 31.2 Å². The number of hydrogen-bond donors (Lipinski definition) is 1. The lowest BCUT2D eigenvalue weighted by molar-refractivity contribution is -0.143. The van der Waals surface area contributed by atoms with Crippen LogP contribution in [-0.2, 0) is 49.9 Å². The molecule has 1 aliphatic heterocycles. The molecule has 0 aliphatic carbocycles. The number of nitrogens with one attached hydrogen (secondary N) is 1. The van der Waals surface area contributed by atoms with Gasteiger partial charge in [0.2, 0.25) is 5.91 Å². The molecule has 45 heavy (non-hydrogen) atoms. The van der Waals surface area contributed by atoms with Crippen LogP contribution in [0.25, 0.3) is 11.1 Å². The van der Waals surface area contributed by atoms with Crippen LogP contribution in [0, 0.1) is 0 Å². The van der Waals surface area contributed by atoms with E-state index in [1.807, 2.05) is 24.3 Å². The average molecular weight is 637 g/mol. The van der Waals surface area contributed by atoms with Crippen molar-refractivity contribution >= 4 is 27.6 Å². The average Bonchev–Trinajstić information content (AvgIpc) is 3.44. The van der Waals surface area contributed by atoms with Gasteiger partial charge >= 0.3 is 12.1 Å². The maximum atomic E-state index is 14.0. The number of anilines is 1. The molecule has 7 nitrogen and oxygen atoms in total. The number of amides is 1. The molecule has 5 rings (SSSR count). The van der Waals surface area contributed by atoms with Crippen LogP contribution in [0.1, 0.15) is 35.6 Å². The van der Waals surface area contributed by atoms with E-state index in [-0.39, 0.29) is 30.3 Å². The minimum absolute atomic E-state index is 0.1000. The molecule has 0 aromatic heterocycles. The number of aryl methyl sites for hydroxylation is 1. The first-order valence-corrected chi connectivity index (χ1v) is 15.8. The van der Waals surface area contributed by atoms with Crippen LogP contribution in [-0.4, -0.2) is 32.9 Å². The second kappa shape index (κ2) is 13.2. The Morgan fingerprint density at radius 3 is 2.29 bits per heavy atom. The van der Waals surface area contributed by atoms with Gasteiger partial charge in [-0.05, 0) is 71.5 Å². The van der Waals surface area contributed by atoms with Crippen molar-refractivity contribution in [1.82, 2.24) is 5.32 Å².